The summed E-state index contributed by atoms with van der Waals surface area (Å²) in [7, 11) is 0. The van der Waals surface area contributed by atoms with E-state index >= 15 is 0 Å². The molecule has 4 atom stereocenters. The number of hydrogen-bond donors (Lipinski definition) is 1. The molecule has 1 saturated heterocycles. The molecule has 2 aliphatic carbocycles. The lowest BCUT2D eigenvalue weighted by Crippen LogP contribution is -2.68. The van der Waals surface area contributed by atoms with Gasteiger partial charge in [0.2, 0.25) is 0 Å². The van der Waals surface area contributed by atoms with Gasteiger partial charge in [-0.3, -0.25) is 0 Å². The van der Waals surface area contributed by atoms with E-state index in [1.165, 1.54) is 0 Å². The first kappa shape index (κ1) is 10.8. The molecule has 2 heterocycles. The Labute approximate surface area is 96.4 Å². The molecule has 0 amide bonds. The molecule has 0 aromatic rings. The maximum Gasteiger partial charge on any atom is 0.135 e. The summed E-state index contributed by atoms with van der Waals surface area (Å²) in [5, 5.41) is 10.2. The molecule has 16 heavy (non-hydrogen) atoms. The van der Waals surface area contributed by atoms with Crippen LogP contribution in [0, 0.1) is 10.8 Å². The van der Waals surface area contributed by atoms with Gasteiger partial charge in [-0.2, -0.15) is 0 Å². The van der Waals surface area contributed by atoms with Crippen molar-refractivity contribution in [2.45, 2.75) is 57.8 Å². The van der Waals surface area contributed by atoms with E-state index in [-0.39, 0.29) is 23.0 Å². The van der Waals surface area contributed by atoms with Crippen LogP contribution in [0.2, 0.25) is 0 Å². The minimum absolute atomic E-state index is 0.0907. The van der Waals surface area contributed by atoms with Crippen LogP contribution >= 0.6 is 0 Å². The van der Waals surface area contributed by atoms with Crippen LogP contribution in [0.25, 0.3) is 0 Å². The second-order valence-corrected chi connectivity index (χ2v) is 6.35. The van der Waals surface area contributed by atoms with Crippen LogP contribution in [0.5, 0.6) is 0 Å². The van der Waals surface area contributed by atoms with Gasteiger partial charge in [0, 0.05) is 10.8 Å². The summed E-state index contributed by atoms with van der Waals surface area (Å²) < 4.78 is 0. The molecule has 0 aromatic carbocycles. The van der Waals surface area contributed by atoms with E-state index in [1.54, 1.807) is 0 Å². The molecule has 0 radical (unpaired) electrons. The fraction of sp³-hybridized carbons (Fsp3) is 0.846. The van der Waals surface area contributed by atoms with Crippen LogP contribution in [-0.4, -0.2) is 22.9 Å². The number of rotatable bonds is 0. The highest BCUT2D eigenvalue weighted by Crippen LogP contribution is 2.62. The fourth-order valence-electron chi connectivity index (χ4n) is 3.89. The number of aliphatic hydroxyl groups excluding tert-OH is 1. The topological polar surface area (TPSA) is 38.7 Å². The van der Waals surface area contributed by atoms with E-state index in [0.29, 0.717) is 0 Å². The van der Waals surface area contributed by atoms with Gasteiger partial charge in [-0.25, -0.2) is 9.78 Å². The van der Waals surface area contributed by atoms with Gasteiger partial charge >= 0.3 is 0 Å². The Bertz CT molecular complexity index is 349. The molecule has 0 aromatic heterocycles. The predicted octanol–water partition coefficient (Wildman–Crippen LogP) is 2.20. The van der Waals surface area contributed by atoms with E-state index < -0.39 is 5.60 Å². The van der Waals surface area contributed by atoms with E-state index in [1.807, 2.05) is 0 Å². The van der Waals surface area contributed by atoms with E-state index in [9.17, 15) is 5.11 Å². The van der Waals surface area contributed by atoms with Crippen molar-refractivity contribution in [1.82, 2.24) is 0 Å². The molecule has 3 heteroatoms. The lowest BCUT2D eigenvalue weighted by molar-refractivity contribution is -0.459. The highest BCUT2D eigenvalue weighted by Gasteiger charge is 2.67. The molecule has 0 unspecified atom stereocenters. The van der Waals surface area contributed by atoms with Crippen molar-refractivity contribution in [3.05, 3.63) is 12.2 Å². The Kier molecular flexibility index (Phi) is 1.94. The summed E-state index contributed by atoms with van der Waals surface area (Å²) in [5.41, 5.74) is -0.679. The van der Waals surface area contributed by atoms with Crippen molar-refractivity contribution in [3.63, 3.8) is 0 Å². The standard InChI is InChI=1S/C13H20O3/c1-11(2)10(14)5-6-12(3)8-9-4-7-13(11,12)16-15-9/h4,7,9-10,14H,5-6,8H2,1-3H3/t9-,10-,12+,13-/m0/s1. The summed E-state index contributed by atoms with van der Waals surface area (Å²) in [6.45, 7) is 6.42. The molecule has 2 fully saturated rings. The second kappa shape index (κ2) is 2.89. The van der Waals surface area contributed by atoms with Crippen molar-refractivity contribution in [2.24, 2.45) is 10.8 Å². The molecule has 4 rings (SSSR count). The zero-order valence-corrected chi connectivity index (χ0v) is 10.2. The number of aliphatic hydroxyl groups is 1. The van der Waals surface area contributed by atoms with Gasteiger partial charge in [-0.05, 0) is 25.3 Å². The van der Waals surface area contributed by atoms with Crippen molar-refractivity contribution in [1.29, 1.82) is 0 Å². The van der Waals surface area contributed by atoms with Crippen LogP contribution < -0.4 is 0 Å². The van der Waals surface area contributed by atoms with E-state index in [4.69, 9.17) is 9.78 Å². The van der Waals surface area contributed by atoms with Crippen LogP contribution in [0.3, 0.4) is 0 Å². The highest BCUT2D eigenvalue weighted by atomic mass is 17.2. The van der Waals surface area contributed by atoms with Gasteiger partial charge in [0.1, 0.15) is 11.7 Å². The zero-order valence-electron chi connectivity index (χ0n) is 10.2. The maximum absolute atomic E-state index is 10.2. The lowest BCUT2D eigenvalue weighted by Gasteiger charge is -2.63. The van der Waals surface area contributed by atoms with Crippen LogP contribution in [-0.2, 0) is 9.78 Å². The highest BCUT2D eigenvalue weighted by molar-refractivity contribution is 5.27. The first-order valence-corrected chi connectivity index (χ1v) is 6.13. The lowest BCUT2D eigenvalue weighted by atomic mass is 9.49. The van der Waals surface area contributed by atoms with Gasteiger partial charge in [0.25, 0.3) is 0 Å². The fourth-order valence-corrected chi connectivity index (χ4v) is 3.89. The Hall–Kier alpha value is -0.380. The predicted molar refractivity (Wildman–Crippen MR) is 59.6 cm³/mol. The third kappa shape index (κ3) is 0.998. The van der Waals surface area contributed by atoms with E-state index in [0.717, 1.165) is 19.3 Å². The first-order chi connectivity index (χ1) is 7.41. The summed E-state index contributed by atoms with van der Waals surface area (Å²) >= 11 is 0. The van der Waals surface area contributed by atoms with Crippen LogP contribution in [0.1, 0.15) is 40.0 Å². The van der Waals surface area contributed by atoms with Gasteiger partial charge in [0.15, 0.2) is 0 Å². The molecule has 1 N–H and O–H groups in total. The zero-order chi connectivity index (χ0) is 11.6. The first-order valence-electron chi connectivity index (χ1n) is 6.13. The minimum Gasteiger partial charge on any atom is -0.392 e. The normalized spacial score (nSPS) is 53.8. The molecule has 3 nitrogen and oxygen atoms in total. The molecular formula is C13H20O3. The Balaban J connectivity index is 2.15. The SMILES string of the molecule is CC1(C)[C@@H](O)CC[C@]2(C)C[C@@H]3C=C[C@]12OO3. The molecule has 1 spiro atoms. The third-order valence-corrected chi connectivity index (χ3v) is 5.16. The van der Waals surface area contributed by atoms with Gasteiger partial charge in [-0.15, -0.1) is 0 Å². The largest absolute Gasteiger partial charge is 0.392 e. The Morgan fingerprint density at radius 2 is 2.06 bits per heavy atom. The molecule has 2 bridgehead atoms. The maximum atomic E-state index is 10.2. The van der Waals surface area contributed by atoms with Gasteiger partial charge in [0.05, 0.1) is 6.10 Å². The molecular weight excluding hydrogens is 204 g/mol. The van der Waals surface area contributed by atoms with Crippen molar-refractivity contribution >= 4 is 0 Å². The Morgan fingerprint density at radius 3 is 2.69 bits per heavy atom. The average molecular weight is 224 g/mol. The monoisotopic (exact) mass is 224 g/mol. The van der Waals surface area contributed by atoms with Crippen LogP contribution in [0.15, 0.2) is 12.2 Å². The Morgan fingerprint density at radius 1 is 1.31 bits per heavy atom. The molecule has 1 saturated carbocycles. The minimum atomic E-state index is -0.466. The van der Waals surface area contributed by atoms with E-state index in [2.05, 4.69) is 32.9 Å². The quantitative estimate of drug-likeness (QED) is 0.506. The third-order valence-electron chi connectivity index (χ3n) is 5.16. The molecule has 4 aliphatic rings. The number of hydrogen-bond acceptors (Lipinski definition) is 3. The smallest absolute Gasteiger partial charge is 0.135 e. The molecule has 2 aliphatic heterocycles. The number of fused-ring (bicyclic) bond motifs is 1. The molecule has 90 valence electrons. The summed E-state index contributed by atoms with van der Waals surface area (Å²) in [5.74, 6) is 0. The second-order valence-electron chi connectivity index (χ2n) is 6.35. The van der Waals surface area contributed by atoms with Crippen LogP contribution in [0.4, 0.5) is 0 Å². The van der Waals surface area contributed by atoms with Gasteiger partial charge < -0.3 is 5.11 Å². The van der Waals surface area contributed by atoms with Crippen molar-refractivity contribution in [2.75, 3.05) is 0 Å². The van der Waals surface area contributed by atoms with Crippen molar-refractivity contribution < 1.29 is 14.9 Å². The average Bonchev–Trinajstić information content (AvgIpc) is 2.25. The summed E-state index contributed by atoms with van der Waals surface area (Å²) in [6.07, 6.45) is 6.84. The van der Waals surface area contributed by atoms with Gasteiger partial charge in [-0.1, -0.05) is 26.8 Å². The summed E-state index contributed by atoms with van der Waals surface area (Å²) in [4.78, 5) is 11.1. The summed E-state index contributed by atoms with van der Waals surface area (Å²) in [6, 6.07) is 0. The van der Waals surface area contributed by atoms with Crippen molar-refractivity contribution in [3.8, 4) is 0 Å².